The molecule has 4 heteroatoms. The van der Waals surface area contributed by atoms with Gasteiger partial charge in [0.15, 0.2) is 11.5 Å². The molecule has 6 atom stereocenters. The molecular weight excluding hydrogens is 374 g/mol. The molecule has 4 unspecified atom stereocenters. The van der Waals surface area contributed by atoms with E-state index in [1.807, 2.05) is 6.07 Å². The van der Waals surface area contributed by atoms with Gasteiger partial charge in [-0.1, -0.05) is 13.8 Å². The van der Waals surface area contributed by atoms with Crippen molar-refractivity contribution in [3.05, 3.63) is 23.3 Å². The molecule has 1 N–H and O–H groups in total. The Hall–Kier alpha value is -1.26. The third-order valence-corrected chi connectivity index (χ3v) is 8.86. The highest BCUT2D eigenvalue weighted by Crippen LogP contribution is 2.64. The van der Waals surface area contributed by atoms with E-state index in [2.05, 4.69) is 38.9 Å². The largest absolute Gasteiger partial charge is 0.504 e. The third-order valence-electron chi connectivity index (χ3n) is 8.86. The lowest BCUT2D eigenvalue weighted by Gasteiger charge is -2.53. The number of methoxy groups -OCH3 is 1. The van der Waals surface area contributed by atoms with Crippen LogP contribution in [0.5, 0.6) is 11.5 Å². The highest BCUT2D eigenvalue weighted by molar-refractivity contribution is 5.49. The average molecular weight is 416 g/mol. The van der Waals surface area contributed by atoms with Crippen molar-refractivity contribution in [3.63, 3.8) is 0 Å². The molecule has 0 spiro atoms. The molecule has 1 aromatic carbocycles. The number of phenolic OH excluding ortho intramolecular Hbond substituents is 1. The fraction of sp³-hybridized carbons (Fsp3) is 0.769. The number of rotatable bonds is 7. The molecule has 2 saturated carbocycles. The highest BCUT2D eigenvalue weighted by Gasteiger charge is 2.55. The number of ether oxygens (including phenoxy) is 2. The van der Waals surface area contributed by atoms with Gasteiger partial charge in [0.2, 0.25) is 0 Å². The van der Waals surface area contributed by atoms with Gasteiger partial charge in [-0.2, -0.15) is 0 Å². The molecule has 30 heavy (non-hydrogen) atoms. The minimum atomic E-state index is 0.290. The third kappa shape index (κ3) is 3.86. The Bertz CT molecular complexity index is 748. The van der Waals surface area contributed by atoms with Crippen molar-refractivity contribution in [3.8, 4) is 11.5 Å². The summed E-state index contributed by atoms with van der Waals surface area (Å²) in [4.78, 5) is 2.19. The molecule has 2 fully saturated rings. The summed E-state index contributed by atoms with van der Waals surface area (Å²) >= 11 is 0. The average Bonchev–Trinajstić information content (AvgIpc) is 3.03. The standard InChI is InChI=1S/C26H41NO3/c1-17-14-18-15-23(28)24(29-5)16-21(18)20-8-10-26(2)19(6-7-22(26)25(17)20)9-12-30-13-11-27(3)4/h15-17,19-20,22,25,28H,6-14H2,1-5H3/t17-,19-,20?,22?,25?,26?/m1/s1. The predicted molar refractivity (Wildman–Crippen MR) is 121 cm³/mol. The fourth-order valence-electron chi connectivity index (χ4n) is 7.30. The quantitative estimate of drug-likeness (QED) is 0.630. The van der Waals surface area contributed by atoms with E-state index in [0.717, 1.165) is 43.9 Å². The van der Waals surface area contributed by atoms with Gasteiger partial charge < -0.3 is 19.5 Å². The van der Waals surface area contributed by atoms with Crippen LogP contribution in [-0.2, 0) is 11.2 Å². The molecule has 3 aliphatic rings. The van der Waals surface area contributed by atoms with Crippen LogP contribution < -0.4 is 4.74 Å². The number of likely N-dealkylation sites (N-methyl/N-ethyl adjacent to an activating group) is 1. The van der Waals surface area contributed by atoms with Crippen molar-refractivity contribution >= 4 is 0 Å². The van der Waals surface area contributed by atoms with Crippen molar-refractivity contribution in [2.45, 2.75) is 58.3 Å². The number of hydrogen-bond acceptors (Lipinski definition) is 4. The van der Waals surface area contributed by atoms with Gasteiger partial charge in [-0.05, 0) is 111 Å². The normalized spacial score (nSPS) is 35.1. The number of nitrogens with zero attached hydrogens (tertiary/aromatic N) is 1. The molecule has 0 heterocycles. The summed E-state index contributed by atoms with van der Waals surface area (Å²) in [5.41, 5.74) is 3.25. The lowest BCUT2D eigenvalue weighted by molar-refractivity contribution is -0.00484. The summed E-state index contributed by atoms with van der Waals surface area (Å²) in [6.45, 7) is 7.79. The van der Waals surface area contributed by atoms with Crippen molar-refractivity contribution in [2.24, 2.45) is 29.1 Å². The monoisotopic (exact) mass is 415 g/mol. The molecule has 3 aliphatic carbocycles. The summed E-state index contributed by atoms with van der Waals surface area (Å²) < 4.78 is 11.4. The van der Waals surface area contributed by atoms with Crippen LogP contribution in [0.2, 0.25) is 0 Å². The number of hydrogen-bond donors (Lipinski definition) is 1. The van der Waals surface area contributed by atoms with Crippen molar-refractivity contribution < 1.29 is 14.6 Å². The maximum atomic E-state index is 10.3. The van der Waals surface area contributed by atoms with E-state index in [4.69, 9.17) is 9.47 Å². The van der Waals surface area contributed by atoms with E-state index in [1.54, 1.807) is 7.11 Å². The minimum Gasteiger partial charge on any atom is -0.504 e. The second-order valence-electron chi connectivity index (χ2n) is 10.7. The first-order valence-electron chi connectivity index (χ1n) is 12.0. The molecule has 4 nitrogen and oxygen atoms in total. The number of benzene rings is 1. The molecule has 4 rings (SSSR count). The van der Waals surface area contributed by atoms with Crippen LogP contribution >= 0.6 is 0 Å². The molecule has 0 aromatic heterocycles. The van der Waals surface area contributed by atoms with Gasteiger partial charge in [0.05, 0.1) is 13.7 Å². The van der Waals surface area contributed by atoms with E-state index >= 15 is 0 Å². The van der Waals surface area contributed by atoms with Gasteiger partial charge in [0.25, 0.3) is 0 Å². The lowest BCUT2D eigenvalue weighted by Crippen LogP contribution is -2.45. The molecule has 0 aliphatic heterocycles. The molecular formula is C26H41NO3. The van der Waals surface area contributed by atoms with Crippen LogP contribution in [0.4, 0.5) is 0 Å². The van der Waals surface area contributed by atoms with Crippen molar-refractivity contribution in [1.29, 1.82) is 0 Å². The fourth-order valence-corrected chi connectivity index (χ4v) is 7.30. The number of phenols is 1. The summed E-state index contributed by atoms with van der Waals surface area (Å²) in [6.07, 6.45) is 7.61. The first-order chi connectivity index (χ1) is 14.3. The molecule has 168 valence electrons. The maximum Gasteiger partial charge on any atom is 0.160 e. The van der Waals surface area contributed by atoms with Crippen LogP contribution in [0.15, 0.2) is 12.1 Å². The van der Waals surface area contributed by atoms with Crippen molar-refractivity contribution in [2.75, 3.05) is 41.0 Å². The summed E-state index contributed by atoms with van der Waals surface area (Å²) in [7, 11) is 5.86. The van der Waals surface area contributed by atoms with Crippen LogP contribution in [0.1, 0.15) is 63.0 Å². The second-order valence-corrected chi connectivity index (χ2v) is 10.7. The molecule has 0 amide bonds. The Labute approximate surface area is 182 Å². The molecule has 0 saturated heterocycles. The Balaban J connectivity index is 1.48. The van der Waals surface area contributed by atoms with E-state index in [0.29, 0.717) is 23.0 Å². The van der Waals surface area contributed by atoms with Gasteiger partial charge in [-0.15, -0.1) is 0 Å². The smallest absolute Gasteiger partial charge is 0.160 e. The van der Waals surface area contributed by atoms with Crippen LogP contribution in [0.25, 0.3) is 0 Å². The summed E-state index contributed by atoms with van der Waals surface area (Å²) in [5.74, 6) is 4.58. The topological polar surface area (TPSA) is 41.9 Å². The summed E-state index contributed by atoms with van der Waals surface area (Å²) in [5, 5.41) is 10.3. The minimum absolute atomic E-state index is 0.290. The van der Waals surface area contributed by atoms with Crippen molar-refractivity contribution in [1.82, 2.24) is 4.90 Å². The van der Waals surface area contributed by atoms with Gasteiger partial charge in [-0.25, -0.2) is 0 Å². The second kappa shape index (κ2) is 8.70. The van der Waals surface area contributed by atoms with Crippen LogP contribution in [0.3, 0.4) is 0 Å². The van der Waals surface area contributed by atoms with E-state index in [-0.39, 0.29) is 5.75 Å². The van der Waals surface area contributed by atoms with Crippen LogP contribution in [-0.4, -0.2) is 51.0 Å². The number of aromatic hydroxyl groups is 1. The SMILES string of the molecule is COc1cc2c(cc1O)C[C@@H](C)C1C2CCC2(C)C1CC[C@@H]2CCOCCN(C)C. The Morgan fingerprint density at radius 3 is 2.70 bits per heavy atom. The Morgan fingerprint density at radius 2 is 1.97 bits per heavy atom. The Kier molecular flexibility index (Phi) is 6.37. The summed E-state index contributed by atoms with van der Waals surface area (Å²) in [6, 6.07) is 4.11. The zero-order valence-corrected chi connectivity index (χ0v) is 19.6. The maximum absolute atomic E-state index is 10.3. The van der Waals surface area contributed by atoms with Gasteiger partial charge in [0, 0.05) is 13.2 Å². The van der Waals surface area contributed by atoms with E-state index in [9.17, 15) is 5.11 Å². The molecule has 1 aromatic rings. The van der Waals surface area contributed by atoms with E-state index < -0.39 is 0 Å². The Morgan fingerprint density at radius 1 is 1.17 bits per heavy atom. The molecule has 0 bridgehead atoms. The zero-order chi connectivity index (χ0) is 21.5. The zero-order valence-electron chi connectivity index (χ0n) is 19.6. The lowest BCUT2D eigenvalue weighted by atomic mass is 9.51. The molecule has 0 radical (unpaired) electrons. The number of fused-ring (bicyclic) bond motifs is 5. The first kappa shape index (κ1) is 22.0. The van der Waals surface area contributed by atoms with Gasteiger partial charge >= 0.3 is 0 Å². The highest BCUT2D eigenvalue weighted by atomic mass is 16.5. The van der Waals surface area contributed by atoms with Gasteiger partial charge in [0.1, 0.15) is 0 Å². The van der Waals surface area contributed by atoms with Gasteiger partial charge in [-0.3, -0.25) is 0 Å². The van der Waals surface area contributed by atoms with Crippen LogP contribution in [0, 0.1) is 29.1 Å². The first-order valence-corrected chi connectivity index (χ1v) is 12.0. The van der Waals surface area contributed by atoms with E-state index in [1.165, 1.54) is 43.2 Å². The predicted octanol–water partition coefficient (Wildman–Crippen LogP) is 5.09.